The Morgan fingerprint density at radius 3 is 2.38 bits per heavy atom. The van der Waals surface area contributed by atoms with Crippen LogP contribution < -0.4 is 16.4 Å². The Hall–Kier alpha value is -3.38. The lowest BCUT2D eigenvalue weighted by Gasteiger charge is -2.21. The molecule has 2 atom stereocenters. The summed E-state index contributed by atoms with van der Waals surface area (Å²) in [4.78, 5) is 26.3. The average molecular weight is 479 g/mol. The van der Waals surface area contributed by atoms with E-state index in [2.05, 4.69) is 28.9 Å². The van der Waals surface area contributed by atoms with Gasteiger partial charge in [-0.05, 0) is 81.0 Å². The van der Waals surface area contributed by atoms with Gasteiger partial charge in [0, 0.05) is 22.3 Å². The number of halogens is 1. The summed E-state index contributed by atoms with van der Waals surface area (Å²) in [5, 5.41) is 14.0. The zero-order valence-electron chi connectivity index (χ0n) is 19.3. The van der Waals surface area contributed by atoms with Crippen molar-refractivity contribution in [2.75, 3.05) is 5.32 Å². The van der Waals surface area contributed by atoms with Gasteiger partial charge in [-0.3, -0.25) is 15.0 Å². The first-order chi connectivity index (χ1) is 16.3. The number of nitrogen functional groups attached to an aromatic ring is 1. The number of carbonyl (C=O) groups excluding carboxylic acids is 2. The highest BCUT2D eigenvalue weighted by molar-refractivity contribution is 6.30. The molecule has 2 amide bonds. The fourth-order valence-electron chi connectivity index (χ4n) is 3.88. The van der Waals surface area contributed by atoms with Crippen LogP contribution in [-0.2, 0) is 16.0 Å². The summed E-state index contributed by atoms with van der Waals surface area (Å²) in [5.41, 5.74) is 8.83. The van der Waals surface area contributed by atoms with E-state index in [1.807, 2.05) is 31.2 Å². The molecule has 0 saturated heterocycles. The Bertz CT molecular complexity index is 1070. The molecule has 7 heteroatoms. The van der Waals surface area contributed by atoms with Gasteiger partial charge in [-0.1, -0.05) is 47.5 Å². The summed E-state index contributed by atoms with van der Waals surface area (Å²) in [5.74, 6) is -1.53. The molecular formula is C27H31ClN4O2. The Balaban J connectivity index is 1.67. The number of nitrogens with two attached hydrogens (primary N) is 1. The van der Waals surface area contributed by atoms with Gasteiger partial charge in [-0.15, -0.1) is 0 Å². The van der Waals surface area contributed by atoms with Crippen molar-refractivity contribution in [3.05, 3.63) is 88.5 Å². The van der Waals surface area contributed by atoms with Crippen LogP contribution in [0, 0.1) is 11.3 Å². The van der Waals surface area contributed by atoms with Crippen molar-refractivity contribution in [1.29, 1.82) is 5.41 Å². The fraction of sp³-hybridized carbons (Fsp3) is 0.296. The first-order valence-electron chi connectivity index (χ1n) is 11.5. The predicted octanol–water partition coefficient (Wildman–Crippen LogP) is 4.98. The molecule has 1 aliphatic rings. The maximum Gasteiger partial charge on any atom is 0.236 e. The van der Waals surface area contributed by atoms with Gasteiger partial charge in [0.05, 0.1) is 0 Å². The van der Waals surface area contributed by atoms with Gasteiger partial charge in [0.25, 0.3) is 0 Å². The van der Waals surface area contributed by atoms with Crippen LogP contribution in [0.1, 0.15) is 43.7 Å². The van der Waals surface area contributed by atoms with Crippen molar-refractivity contribution in [1.82, 2.24) is 5.32 Å². The number of carbonyl (C=O) groups is 2. The smallest absolute Gasteiger partial charge is 0.236 e. The van der Waals surface area contributed by atoms with Gasteiger partial charge in [0.2, 0.25) is 11.8 Å². The molecule has 2 unspecified atom stereocenters. The number of rotatable bonds is 10. The number of anilines is 1. The fourth-order valence-corrected chi connectivity index (χ4v) is 4.00. The lowest BCUT2D eigenvalue weighted by molar-refractivity contribution is -0.133. The number of hydrogen-bond acceptors (Lipinski definition) is 3. The third-order valence-electron chi connectivity index (χ3n) is 5.73. The average Bonchev–Trinajstić information content (AvgIpc) is 2.81. The molecule has 0 aliphatic heterocycles. The monoisotopic (exact) mass is 478 g/mol. The third kappa shape index (κ3) is 7.59. The van der Waals surface area contributed by atoms with Crippen LogP contribution in [0.25, 0.3) is 0 Å². The van der Waals surface area contributed by atoms with Crippen LogP contribution in [0.5, 0.6) is 0 Å². The molecule has 178 valence electrons. The minimum atomic E-state index is -0.837. The quantitative estimate of drug-likeness (QED) is 0.219. The van der Waals surface area contributed by atoms with E-state index in [9.17, 15) is 9.59 Å². The second kappa shape index (κ2) is 12.2. The minimum absolute atomic E-state index is 0.0429. The van der Waals surface area contributed by atoms with Crippen molar-refractivity contribution in [3.8, 4) is 0 Å². The van der Waals surface area contributed by atoms with E-state index in [0.29, 0.717) is 35.5 Å². The number of hydrogen-bond donors (Lipinski definition) is 4. The number of benzene rings is 2. The van der Waals surface area contributed by atoms with Gasteiger partial charge in [-0.2, -0.15) is 0 Å². The molecule has 6 nitrogen and oxygen atoms in total. The first kappa shape index (κ1) is 25.2. The molecule has 2 aromatic rings. The van der Waals surface area contributed by atoms with E-state index in [-0.39, 0.29) is 23.7 Å². The molecule has 0 heterocycles. The highest BCUT2D eigenvalue weighted by Crippen LogP contribution is 2.21. The maximum absolute atomic E-state index is 13.2. The van der Waals surface area contributed by atoms with Crippen LogP contribution in [0.15, 0.2) is 72.3 Å². The number of nitrogens with one attached hydrogen (secondary N) is 3. The molecule has 0 aromatic heterocycles. The van der Waals surface area contributed by atoms with E-state index in [1.165, 1.54) is 0 Å². The van der Waals surface area contributed by atoms with Crippen molar-refractivity contribution in [2.45, 2.75) is 45.1 Å². The lowest BCUT2D eigenvalue weighted by atomic mass is 9.94. The van der Waals surface area contributed by atoms with Gasteiger partial charge in [-0.25, -0.2) is 0 Å². The second-order valence-corrected chi connectivity index (χ2v) is 9.01. The van der Waals surface area contributed by atoms with Crippen molar-refractivity contribution in [2.24, 2.45) is 11.7 Å². The van der Waals surface area contributed by atoms with Crippen molar-refractivity contribution >= 4 is 34.9 Å². The Kier molecular flexibility index (Phi) is 9.05. The summed E-state index contributed by atoms with van der Waals surface area (Å²) in [6.07, 6.45) is 10.1. The van der Waals surface area contributed by atoms with Crippen LogP contribution in [0.4, 0.5) is 5.69 Å². The summed E-state index contributed by atoms with van der Waals surface area (Å²) in [6.45, 7) is 1.92. The molecule has 34 heavy (non-hydrogen) atoms. The van der Waals surface area contributed by atoms with E-state index < -0.39 is 5.92 Å². The Morgan fingerprint density at radius 1 is 1.06 bits per heavy atom. The first-order valence-corrected chi connectivity index (χ1v) is 11.9. The molecule has 5 N–H and O–H groups in total. The number of amidine groups is 1. The lowest BCUT2D eigenvalue weighted by Crippen LogP contribution is -2.43. The zero-order chi connectivity index (χ0) is 24.5. The van der Waals surface area contributed by atoms with E-state index in [0.717, 1.165) is 24.0 Å². The molecule has 0 spiro atoms. The molecule has 0 fully saturated rings. The molecule has 3 rings (SSSR count). The van der Waals surface area contributed by atoms with Gasteiger partial charge < -0.3 is 16.4 Å². The number of allylic oxidation sites excluding steroid dienone is 4. The molecule has 0 bridgehead atoms. The summed E-state index contributed by atoms with van der Waals surface area (Å²) < 4.78 is 0. The van der Waals surface area contributed by atoms with Crippen LogP contribution >= 0.6 is 11.6 Å². The Labute approximate surface area is 205 Å². The molecular weight excluding hydrogens is 448 g/mol. The number of amides is 2. The normalized spacial score (nSPS) is 14.6. The van der Waals surface area contributed by atoms with Crippen LogP contribution in [-0.4, -0.2) is 23.7 Å². The molecule has 0 saturated carbocycles. The van der Waals surface area contributed by atoms with Gasteiger partial charge >= 0.3 is 0 Å². The van der Waals surface area contributed by atoms with Crippen molar-refractivity contribution < 1.29 is 9.59 Å². The standard InChI is InChI=1S/C27H31ClN4O2/c1-18(17-20-7-12-22(28)13-8-20)31-26(33)24(16-9-19-5-3-2-4-6-19)27(34)32-23-14-10-21(11-15-23)25(29)30/h3,5-8,10-15,18,24H,2,4,9,16-17H2,1H3,(H3,29,30)(H,31,33)(H,32,34). The third-order valence-corrected chi connectivity index (χ3v) is 5.99. The minimum Gasteiger partial charge on any atom is -0.384 e. The van der Waals surface area contributed by atoms with Gasteiger partial charge in [0.1, 0.15) is 11.8 Å². The highest BCUT2D eigenvalue weighted by atomic mass is 35.5. The summed E-state index contributed by atoms with van der Waals surface area (Å²) in [7, 11) is 0. The SMILES string of the molecule is CC(Cc1ccc(Cl)cc1)NC(=O)C(CCC1=CCCC=C1)C(=O)Nc1ccc(C(=N)N)cc1. The van der Waals surface area contributed by atoms with Crippen LogP contribution in [0.3, 0.4) is 0 Å². The topological polar surface area (TPSA) is 108 Å². The maximum atomic E-state index is 13.2. The van der Waals surface area contributed by atoms with E-state index >= 15 is 0 Å². The summed E-state index contributed by atoms with van der Waals surface area (Å²) in [6, 6.07) is 14.1. The predicted molar refractivity (Wildman–Crippen MR) is 138 cm³/mol. The second-order valence-electron chi connectivity index (χ2n) is 8.57. The van der Waals surface area contributed by atoms with Crippen LogP contribution in [0.2, 0.25) is 5.02 Å². The van der Waals surface area contributed by atoms with Gasteiger partial charge in [0.15, 0.2) is 0 Å². The molecule has 2 aromatic carbocycles. The van der Waals surface area contributed by atoms with E-state index in [4.69, 9.17) is 22.7 Å². The van der Waals surface area contributed by atoms with Crippen molar-refractivity contribution in [3.63, 3.8) is 0 Å². The zero-order valence-corrected chi connectivity index (χ0v) is 20.1. The van der Waals surface area contributed by atoms with E-state index in [1.54, 1.807) is 24.3 Å². The largest absolute Gasteiger partial charge is 0.384 e. The molecule has 1 aliphatic carbocycles. The molecule has 0 radical (unpaired) electrons. The Morgan fingerprint density at radius 2 is 1.76 bits per heavy atom. The summed E-state index contributed by atoms with van der Waals surface area (Å²) >= 11 is 5.96. The highest BCUT2D eigenvalue weighted by Gasteiger charge is 2.28.